The molecule has 19 heavy (non-hydrogen) atoms. The van der Waals surface area contributed by atoms with Gasteiger partial charge >= 0.3 is 5.97 Å². The monoisotopic (exact) mass is 267 g/mol. The highest BCUT2D eigenvalue weighted by Gasteiger charge is 2.09. The Morgan fingerprint density at radius 3 is 2.47 bits per heavy atom. The standard InChI is InChI=1S/C14H21NO4/c1-18-10-9-15(8-7-14(17)19-2)11-12-3-5-13(16)6-4-12/h3-6,16H,7-11H2,1-2H3. The molecule has 0 saturated heterocycles. The van der Waals surface area contributed by atoms with Gasteiger partial charge in [0.25, 0.3) is 0 Å². The molecule has 0 amide bonds. The fourth-order valence-electron chi connectivity index (χ4n) is 1.70. The van der Waals surface area contributed by atoms with Gasteiger partial charge in [-0.1, -0.05) is 12.1 Å². The molecule has 0 atom stereocenters. The van der Waals surface area contributed by atoms with Crippen LogP contribution in [0.2, 0.25) is 0 Å². The van der Waals surface area contributed by atoms with E-state index < -0.39 is 0 Å². The van der Waals surface area contributed by atoms with E-state index in [0.717, 1.165) is 12.1 Å². The number of nitrogens with zero attached hydrogens (tertiary/aromatic N) is 1. The fourth-order valence-corrected chi connectivity index (χ4v) is 1.70. The summed E-state index contributed by atoms with van der Waals surface area (Å²) in [5, 5.41) is 9.25. The molecule has 1 N–H and O–H groups in total. The molecule has 5 heteroatoms. The maximum atomic E-state index is 11.2. The minimum absolute atomic E-state index is 0.215. The van der Waals surface area contributed by atoms with Gasteiger partial charge < -0.3 is 14.6 Å². The highest BCUT2D eigenvalue weighted by molar-refractivity contribution is 5.69. The number of methoxy groups -OCH3 is 2. The van der Waals surface area contributed by atoms with Gasteiger partial charge in [-0.15, -0.1) is 0 Å². The number of esters is 1. The van der Waals surface area contributed by atoms with Gasteiger partial charge in [0.2, 0.25) is 0 Å². The number of hydrogen-bond donors (Lipinski definition) is 1. The second-order valence-corrected chi connectivity index (χ2v) is 4.26. The topological polar surface area (TPSA) is 59.0 Å². The molecular weight excluding hydrogens is 246 g/mol. The Hall–Kier alpha value is -1.59. The number of carbonyl (C=O) groups excluding carboxylic acids is 1. The number of aromatic hydroxyl groups is 1. The van der Waals surface area contributed by atoms with E-state index in [-0.39, 0.29) is 11.7 Å². The zero-order valence-corrected chi connectivity index (χ0v) is 11.5. The Balaban J connectivity index is 2.52. The molecular formula is C14H21NO4. The lowest BCUT2D eigenvalue weighted by Crippen LogP contribution is -2.29. The van der Waals surface area contributed by atoms with E-state index in [2.05, 4.69) is 9.64 Å². The van der Waals surface area contributed by atoms with Gasteiger partial charge in [-0.2, -0.15) is 0 Å². The maximum Gasteiger partial charge on any atom is 0.306 e. The van der Waals surface area contributed by atoms with E-state index >= 15 is 0 Å². The van der Waals surface area contributed by atoms with Crippen molar-refractivity contribution in [2.75, 3.05) is 33.9 Å². The van der Waals surface area contributed by atoms with Crippen molar-refractivity contribution in [3.63, 3.8) is 0 Å². The van der Waals surface area contributed by atoms with Crippen molar-refractivity contribution in [1.29, 1.82) is 0 Å². The largest absolute Gasteiger partial charge is 0.508 e. The van der Waals surface area contributed by atoms with E-state index in [4.69, 9.17) is 4.74 Å². The first-order chi connectivity index (χ1) is 9.15. The van der Waals surface area contributed by atoms with Gasteiger partial charge in [-0.25, -0.2) is 0 Å². The molecule has 0 spiro atoms. The summed E-state index contributed by atoms with van der Waals surface area (Å²) in [5.74, 6) is 0.0369. The quantitative estimate of drug-likeness (QED) is 0.722. The molecule has 0 aromatic heterocycles. The Morgan fingerprint density at radius 2 is 1.89 bits per heavy atom. The molecule has 0 saturated carbocycles. The van der Waals surface area contributed by atoms with Crippen LogP contribution in [-0.2, 0) is 20.8 Å². The van der Waals surface area contributed by atoms with Gasteiger partial charge in [-0.05, 0) is 17.7 Å². The van der Waals surface area contributed by atoms with Crippen LogP contribution in [0.3, 0.4) is 0 Å². The molecule has 0 fully saturated rings. The van der Waals surface area contributed by atoms with Crippen molar-refractivity contribution in [1.82, 2.24) is 4.90 Å². The average molecular weight is 267 g/mol. The smallest absolute Gasteiger partial charge is 0.306 e. The molecule has 0 radical (unpaired) electrons. The van der Waals surface area contributed by atoms with Crippen molar-refractivity contribution in [3.05, 3.63) is 29.8 Å². The predicted octanol–water partition coefficient (Wildman–Crippen LogP) is 1.40. The minimum atomic E-state index is -0.215. The second kappa shape index (κ2) is 8.50. The van der Waals surface area contributed by atoms with Crippen LogP contribution >= 0.6 is 0 Å². The number of hydrogen-bond acceptors (Lipinski definition) is 5. The third-order valence-electron chi connectivity index (χ3n) is 2.81. The number of rotatable bonds is 8. The number of phenolic OH excluding ortho intramolecular Hbond substituents is 1. The molecule has 1 aromatic rings. The molecule has 0 bridgehead atoms. The summed E-state index contributed by atoms with van der Waals surface area (Å²) in [6.07, 6.45) is 0.359. The fraction of sp³-hybridized carbons (Fsp3) is 0.500. The molecule has 0 aliphatic carbocycles. The molecule has 106 valence electrons. The summed E-state index contributed by atoms with van der Waals surface area (Å²) < 4.78 is 9.71. The maximum absolute atomic E-state index is 11.2. The van der Waals surface area contributed by atoms with Gasteiger partial charge in [0.05, 0.1) is 20.1 Å². The summed E-state index contributed by atoms with van der Waals surface area (Å²) in [5.41, 5.74) is 1.08. The van der Waals surface area contributed by atoms with Gasteiger partial charge in [0.1, 0.15) is 5.75 Å². The average Bonchev–Trinajstić information content (AvgIpc) is 2.43. The number of benzene rings is 1. The molecule has 0 heterocycles. The van der Waals surface area contributed by atoms with Crippen LogP contribution in [0.4, 0.5) is 0 Å². The number of ether oxygens (including phenoxy) is 2. The van der Waals surface area contributed by atoms with Crippen LogP contribution in [0.1, 0.15) is 12.0 Å². The molecule has 5 nitrogen and oxygen atoms in total. The van der Waals surface area contributed by atoms with E-state index in [1.807, 2.05) is 12.1 Å². The Kier molecular flexibility index (Phi) is 6.92. The van der Waals surface area contributed by atoms with Crippen LogP contribution in [0.25, 0.3) is 0 Å². The van der Waals surface area contributed by atoms with Crippen LogP contribution in [0.15, 0.2) is 24.3 Å². The summed E-state index contributed by atoms with van der Waals surface area (Å²) in [4.78, 5) is 13.3. The first-order valence-corrected chi connectivity index (χ1v) is 6.21. The van der Waals surface area contributed by atoms with Crippen LogP contribution in [0.5, 0.6) is 5.75 Å². The van der Waals surface area contributed by atoms with Crippen molar-refractivity contribution in [2.45, 2.75) is 13.0 Å². The van der Waals surface area contributed by atoms with E-state index in [1.165, 1.54) is 7.11 Å². The second-order valence-electron chi connectivity index (χ2n) is 4.26. The van der Waals surface area contributed by atoms with Crippen molar-refractivity contribution >= 4 is 5.97 Å². The third kappa shape index (κ3) is 6.22. The lowest BCUT2D eigenvalue weighted by Gasteiger charge is -2.21. The first-order valence-electron chi connectivity index (χ1n) is 6.21. The summed E-state index contributed by atoms with van der Waals surface area (Å²) in [6, 6.07) is 7.05. The Labute approximate surface area is 113 Å². The van der Waals surface area contributed by atoms with Crippen molar-refractivity contribution < 1.29 is 19.4 Å². The first kappa shape index (κ1) is 15.5. The van der Waals surface area contributed by atoms with Gasteiger partial charge in [0, 0.05) is 26.7 Å². The SMILES string of the molecule is COCCN(CCC(=O)OC)Cc1ccc(O)cc1. The summed E-state index contributed by atoms with van der Waals surface area (Å²) in [7, 11) is 3.04. The summed E-state index contributed by atoms with van der Waals surface area (Å²) in [6.45, 7) is 2.69. The molecule has 1 aromatic carbocycles. The molecule has 0 unspecified atom stereocenters. The minimum Gasteiger partial charge on any atom is -0.508 e. The van der Waals surface area contributed by atoms with E-state index in [1.54, 1.807) is 19.2 Å². The summed E-state index contributed by atoms with van der Waals surface area (Å²) >= 11 is 0. The van der Waals surface area contributed by atoms with Crippen molar-refractivity contribution in [2.24, 2.45) is 0 Å². The zero-order chi connectivity index (χ0) is 14.1. The lowest BCUT2D eigenvalue weighted by molar-refractivity contribution is -0.141. The Morgan fingerprint density at radius 1 is 1.21 bits per heavy atom. The number of phenols is 1. The van der Waals surface area contributed by atoms with Crippen LogP contribution in [-0.4, -0.2) is 49.9 Å². The lowest BCUT2D eigenvalue weighted by atomic mass is 10.2. The van der Waals surface area contributed by atoms with Crippen molar-refractivity contribution in [3.8, 4) is 5.75 Å². The third-order valence-corrected chi connectivity index (χ3v) is 2.81. The normalized spacial score (nSPS) is 10.7. The zero-order valence-electron chi connectivity index (χ0n) is 11.5. The van der Waals surface area contributed by atoms with Gasteiger partial charge in [-0.3, -0.25) is 9.69 Å². The predicted molar refractivity (Wildman–Crippen MR) is 71.9 cm³/mol. The molecule has 0 aliphatic heterocycles. The highest BCUT2D eigenvalue weighted by atomic mass is 16.5. The Bertz CT molecular complexity index is 378. The van der Waals surface area contributed by atoms with Crippen LogP contribution in [0, 0.1) is 0 Å². The number of carbonyl (C=O) groups is 1. The van der Waals surface area contributed by atoms with Gasteiger partial charge in [0.15, 0.2) is 0 Å². The van der Waals surface area contributed by atoms with E-state index in [0.29, 0.717) is 26.1 Å². The van der Waals surface area contributed by atoms with E-state index in [9.17, 15) is 9.90 Å². The van der Waals surface area contributed by atoms with Crippen LogP contribution < -0.4 is 0 Å². The molecule has 1 rings (SSSR count). The molecule has 0 aliphatic rings. The highest BCUT2D eigenvalue weighted by Crippen LogP contribution is 2.12.